The molecule has 0 saturated heterocycles. The molecule has 0 N–H and O–H groups in total. The summed E-state index contributed by atoms with van der Waals surface area (Å²) in [5.74, 6) is 0.674. The van der Waals surface area contributed by atoms with E-state index in [4.69, 9.17) is 11.6 Å². The number of benzene rings is 1. The van der Waals surface area contributed by atoms with Crippen molar-refractivity contribution in [3.05, 3.63) is 50.1 Å². The highest BCUT2D eigenvalue weighted by molar-refractivity contribution is 6.30. The fourth-order valence-corrected chi connectivity index (χ4v) is 3.35. The molecule has 1 aromatic carbocycles. The molecular formula is C16H16ClN5O2. The second-order valence-corrected chi connectivity index (χ2v) is 6.19. The molecule has 124 valence electrons. The number of nitrogens with zero attached hydrogens (tertiary/aromatic N) is 5. The molecule has 0 fully saturated rings. The van der Waals surface area contributed by atoms with Gasteiger partial charge >= 0.3 is 5.69 Å². The summed E-state index contributed by atoms with van der Waals surface area (Å²) in [6, 6.07) is 7.48. The molecule has 2 aromatic heterocycles. The van der Waals surface area contributed by atoms with Crippen LogP contribution in [0.4, 0.5) is 11.6 Å². The molecule has 1 aliphatic rings. The zero-order chi connectivity index (χ0) is 17.0. The third kappa shape index (κ3) is 1.94. The zero-order valence-electron chi connectivity index (χ0n) is 13.4. The number of hydrogen-bond acceptors (Lipinski definition) is 4. The SMILES string of the molecule is CCn1c(=O)c2c(nc3n2CCN3c2ccc(Cl)cc2)n(C)c1=O. The van der Waals surface area contributed by atoms with Crippen molar-refractivity contribution < 1.29 is 0 Å². The van der Waals surface area contributed by atoms with E-state index in [0.717, 1.165) is 5.69 Å². The molecule has 0 aliphatic carbocycles. The fourth-order valence-electron chi connectivity index (χ4n) is 3.22. The predicted octanol–water partition coefficient (Wildman–Crippen LogP) is 1.72. The Balaban J connectivity index is 1.98. The number of halogens is 1. The summed E-state index contributed by atoms with van der Waals surface area (Å²) in [5, 5.41) is 0.666. The normalized spacial score (nSPS) is 13.7. The number of aryl methyl sites for hydroxylation is 1. The molecule has 7 nitrogen and oxygen atoms in total. The first-order chi connectivity index (χ1) is 11.5. The molecular weight excluding hydrogens is 330 g/mol. The second kappa shape index (κ2) is 5.24. The van der Waals surface area contributed by atoms with E-state index in [0.29, 0.717) is 41.8 Å². The molecule has 3 aromatic rings. The van der Waals surface area contributed by atoms with Gasteiger partial charge in [0.1, 0.15) is 0 Å². The van der Waals surface area contributed by atoms with Gasteiger partial charge in [-0.05, 0) is 31.2 Å². The van der Waals surface area contributed by atoms with E-state index in [1.165, 1.54) is 9.13 Å². The van der Waals surface area contributed by atoms with Gasteiger partial charge in [-0.2, -0.15) is 4.98 Å². The number of aromatic nitrogens is 4. The number of hydrogen-bond donors (Lipinski definition) is 0. The quantitative estimate of drug-likeness (QED) is 0.709. The first kappa shape index (κ1) is 15.0. The van der Waals surface area contributed by atoms with Gasteiger partial charge in [-0.3, -0.25) is 13.9 Å². The average Bonchev–Trinajstić information content (AvgIpc) is 3.13. The first-order valence-corrected chi connectivity index (χ1v) is 8.14. The predicted molar refractivity (Wildman–Crippen MR) is 93.4 cm³/mol. The third-order valence-electron chi connectivity index (χ3n) is 4.46. The Morgan fingerprint density at radius 3 is 2.54 bits per heavy atom. The van der Waals surface area contributed by atoms with Crippen molar-refractivity contribution in [2.75, 3.05) is 11.4 Å². The van der Waals surface area contributed by atoms with Crippen molar-refractivity contribution in [1.82, 2.24) is 18.7 Å². The summed E-state index contributed by atoms with van der Waals surface area (Å²) >= 11 is 5.95. The maximum atomic E-state index is 12.7. The van der Waals surface area contributed by atoms with Gasteiger partial charge in [-0.1, -0.05) is 11.6 Å². The fraction of sp³-hybridized carbons (Fsp3) is 0.312. The molecule has 0 atom stereocenters. The van der Waals surface area contributed by atoms with E-state index in [2.05, 4.69) is 4.98 Å². The van der Waals surface area contributed by atoms with Gasteiger partial charge in [0.25, 0.3) is 5.56 Å². The van der Waals surface area contributed by atoms with Gasteiger partial charge in [-0.25, -0.2) is 4.79 Å². The molecule has 0 bridgehead atoms. The van der Waals surface area contributed by atoms with Crippen LogP contribution in [0, 0.1) is 0 Å². The van der Waals surface area contributed by atoms with Crippen LogP contribution in [-0.2, 0) is 20.1 Å². The van der Waals surface area contributed by atoms with Crippen molar-refractivity contribution in [2.24, 2.45) is 7.05 Å². The summed E-state index contributed by atoms with van der Waals surface area (Å²) in [7, 11) is 1.64. The largest absolute Gasteiger partial charge is 0.332 e. The molecule has 0 spiro atoms. The van der Waals surface area contributed by atoms with Crippen LogP contribution >= 0.6 is 11.6 Å². The average molecular weight is 346 g/mol. The van der Waals surface area contributed by atoms with E-state index in [-0.39, 0.29) is 11.2 Å². The van der Waals surface area contributed by atoms with Gasteiger partial charge in [0.2, 0.25) is 5.95 Å². The molecule has 1 aliphatic heterocycles. The van der Waals surface area contributed by atoms with Gasteiger partial charge < -0.3 is 9.47 Å². The lowest BCUT2D eigenvalue weighted by molar-refractivity contribution is 0.633. The van der Waals surface area contributed by atoms with Crippen LogP contribution in [-0.4, -0.2) is 25.2 Å². The Morgan fingerprint density at radius 1 is 1.17 bits per heavy atom. The molecule has 0 radical (unpaired) electrons. The molecule has 4 rings (SSSR count). The van der Waals surface area contributed by atoms with Crippen molar-refractivity contribution >= 4 is 34.4 Å². The summed E-state index contributed by atoms with van der Waals surface area (Å²) in [4.78, 5) is 31.6. The van der Waals surface area contributed by atoms with Crippen LogP contribution in [0.1, 0.15) is 6.92 Å². The minimum Gasteiger partial charge on any atom is -0.310 e. The van der Waals surface area contributed by atoms with Crippen LogP contribution in [0.25, 0.3) is 11.2 Å². The second-order valence-electron chi connectivity index (χ2n) is 5.75. The van der Waals surface area contributed by atoms with Crippen molar-refractivity contribution in [3.63, 3.8) is 0 Å². The smallest absolute Gasteiger partial charge is 0.310 e. The van der Waals surface area contributed by atoms with E-state index >= 15 is 0 Å². The summed E-state index contributed by atoms with van der Waals surface area (Å²) < 4.78 is 4.56. The lowest BCUT2D eigenvalue weighted by Crippen LogP contribution is -2.39. The lowest BCUT2D eigenvalue weighted by Gasteiger charge is -2.15. The highest BCUT2D eigenvalue weighted by Crippen LogP contribution is 2.32. The molecule has 0 saturated carbocycles. The number of rotatable bonds is 2. The Kier molecular flexibility index (Phi) is 3.28. The number of imidazole rings is 1. The van der Waals surface area contributed by atoms with Crippen LogP contribution < -0.4 is 16.1 Å². The van der Waals surface area contributed by atoms with Crippen LogP contribution in [0.3, 0.4) is 0 Å². The van der Waals surface area contributed by atoms with E-state index in [1.807, 2.05) is 33.7 Å². The zero-order valence-corrected chi connectivity index (χ0v) is 14.1. The van der Waals surface area contributed by atoms with Crippen molar-refractivity contribution in [1.29, 1.82) is 0 Å². The minimum absolute atomic E-state index is 0.285. The summed E-state index contributed by atoms with van der Waals surface area (Å²) in [5.41, 5.74) is 1.22. The van der Waals surface area contributed by atoms with E-state index in [1.54, 1.807) is 14.0 Å². The number of anilines is 2. The summed E-state index contributed by atoms with van der Waals surface area (Å²) in [6.07, 6.45) is 0. The van der Waals surface area contributed by atoms with E-state index in [9.17, 15) is 9.59 Å². The van der Waals surface area contributed by atoms with Gasteiger partial charge in [0.05, 0.1) is 0 Å². The van der Waals surface area contributed by atoms with Crippen molar-refractivity contribution in [3.8, 4) is 0 Å². The van der Waals surface area contributed by atoms with Gasteiger partial charge in [0.15, 0.2) is 11.2 Å². The molecule has 0 unspecified atom stereocenters. The van der Waals surface area contributed by atoms with Gasteiger partial charge in [0, 0.05) is 37.4 Å². The maximum absolute atomic E-state index is 12.7. The standard InChI is InChI=1S/C16H16ClN5O2/c1-3-20-14(23)12-13(19(2)16(20)24)18-15-21(8-9-22(12)15)11-6-4-10(17)5-7-11/h4-7H,3,8-9H2,1-2H3. The van der Waals surface area contributed by atoms with Crippen LogP contribution in [0.2, 0.25) is 5.02 Å². The Hall–Kier alpha value is -2.54. The maximum Gasteiger partial charge on any atom is 0.332 e. The highest BCUT2D eigenvalue weighted by Gasteiger charge is 2.28. The van der Waals surface area contributed by atoms with Gasteiger partial charge in [-0.15, -0.1) is 0 Å². The van der Waals surface area contributed by atoms with Crippen molar-refractivity contribution in [2.45, 2.75) is 20.0 Å². The van der Waals surface area contributed by atoms with Crippen LogP contribution in [0.5, 0.6) is 0 Å². The lowest BCUT2D eigenvalue weighted by atomic mass is 10.3. The number of fused-ring (bicyclic) bond motifs is 3. The topological polar surface area (TPSA) is 65.1 Å². The van der Waals surface area contributed by atoms with Crippen LogP contribution in [0.15, 0.2) is 33.9 Å². The molecule has 8 heteroatoms. The first-order valence-electron chi connectivity index (χ1n) is 7.76. The molecule has 3 heterocycles. The molecule has 0 amide bonds. The summed E-state index contributed by atoms with van der Waals surface area (Å²) in [6.45, 7) is 3.48. The Morgan fingerprint density at radius 2 is 1.88 bits per heavy atom. The molecule has 24 heavy (non-hydrogen) atoms. The minimum atomic E-state index is -0.343. The highest BCUT2D eigenvalue weighted by atomic mass is 35.5. The Bertz CT molecular complexity index is 1060. The monoisotopic (exact) mass is 345 g/mol. The third-order valence-corrected chi connectivity index (χ3v) is 4.71. The van der Waals surface area contributed by atoms with E-state index < -0.39 is 0 Å². The Labute approximate surface area is 142 Å².